The predicted octanol–water partition coefficient (Wildman–Crippen LogP) is 3.23. The summed E-state index contributed by atoms with van der Waals surface area (Å²) in [5.74, 6) is 1.28. The Morgan fingerprint density at radius 1 is 1.39 bits per heavy atom. The van der Waals surface area contributed by atoms with Crippen LogP contribution in [-0.4, -0.2) is 48.1 Å². The van der Waals surface area contributed by atoms with Crippen LogP contribution in [0.25, 0.3) is 0 Å². The van der Waals surface area contributed by atoms with Gasteiger partial charge in [-0.15, -0.1) is 0 Å². The molecule has 18 heavy (non-hydrogen) atoms. The van der Waals surface area contributed by atoms with Gasteiger partial charge in [0.05, 0.1) is 0 Å². The van der Waals surface area contributed by atoms with Crippen LogP contribution in [0.15, 0.2) is 0 Å². The minimum atomic E-state index is 0.357. The molecule has 0 aromatic rings. The van der Waals surface area contributed by atoms with Gasteiger partial charge in [0.15, 0.2) is 0 Å². The topological polar surface area (TPSA) is 15.3 Å². The van der Waals surface area contributed by atoms with Crippen molar-refractivity contribution in [3.8, 4) is 0 Å². The number of nitrogens with one attached hydrogen (secondary N) is 1. The van der Waals surface area contributed by atoms with Gasteiger partial charge in [0.2, 0.25) is 0 Å². The molecule has 108 valence electrons. The monoisotopic (exact) mass is 272 g/mol. The standard InChI is InChI=1S/C15H32N2S/c1-7-13-10-16-14(15(3,4)5)11-17(13)12(2)8-9-18-6/h12-14,16H,7-11H2,1-6H3. The van der Waals surface area contributed by atoms with Crippen LogP contribution < -0.4 is 5.32 Å². The van der Waals surface area contributed by atoms with Crippen molar-refractivity contribution < 1.29 is 0 Å². The van der Waals surface area contributed by atoms with Crippen molar-refractivity contribution in [1.82, 2.24) is 10.2 Å². The van der Waals surface area contributed by atoms with E-state index in [-0.39, 0.29) is 0 Å². The lowest BCUT2D eigenvalue weighted by molar-refractivity contribution is 0.0526. The molecule has 0 aromatic carbocycles. The maximum Gasteiger partial charge on any atom is 0.0244 e. The van der Waals surface area contributed by atoms with E-state index in [1.165, 1.54) is 25.1 Å². The van der Waals surface area contributed by atoms with E-state index in [2.05, 4.69) is 51.1 Å². The van der Waals surface area contributed by atoms with Gasteiger partial charge in [0, 0.05) is 31.2 Å². The van der Waals surface area contributed by atoms with E-state index in [1.54, 1.807) is 0 Å². The van der Waals surface area contributed by atoms with Crippen molar-refractivity contribution >= 4 is 11.8 Å². The molecule has 1 saturated heterocycles. The largest absolute Gasteiger partial charge is 0.311 e. The first kappa shape index (κ1) is 16.3. The van der Waals surface area contributed by atoms with Gasteiger partial charge >= 0.3 is 0 Å². The van der Waals surface area contributed by atoms with Crippen LogP contribution in [0, 0.1) is 5.41 Å². The summed E-state index contributed by atoms with van der Waals surface area (Å²) in [5.41, 5.74) is 0.357. The summed E-state index contributed by atoms with van der Waals surface area (Å²) in [6.07, 6.45) is 4.78. The van der Waals surface area contributed by atoms with Crippen molar-refractivity contribution in [1.29, 1.82) is 0 Å². The molecule has 1 rings (SSSR count). The van der Waals surface area contributed by atoms with Gasteiger partial charge in [-0.3, -0.25) is 4.90 Å². The van der Waals surface area contributed by atoms with Gasteiger partial charge in [-0.05, 0) is 37.2 Å². The molecule has 3 unspecified atom stereocenters. The van der Waals surface area contributed by atoms with Crippen LogP contribution >= 0.6 is 11.8 Å². The number of rotatable bonds is 5. The van der Waals surface area contributed by atoms with Gasteiger partial charge in [0.1, 0.15) is 0 Å². The lowest BCUT2D eigenvalue weighted by atomic mass is 9.84. The second-order valence-electron chi connectivity index (χ2n) is 6.72. The number of nitrogens with zero attached hydrogens (tertiary/aromatic N) is 1. The molecule has 1 fully saturated rings. The van der Waals surface area contributed by atoms with Crippen molar-refractivity contribution in [2.75, 3.05) is 25.1 Å². The highest BCUT2D eigenvalue weighted by Crippen LogP contribution is 2.26. The summed E-state index contributed by atoms with van der Waals surface area (Å²) < 4.78 is 0. The molecule has 1 heterocycles. The average Bonchev–Trinajstić information content (AvgIpc) is 2.34. The molecule has 0 bridgehead atoms. The number of hydrogen-bond acceptors (Lipinski definition) is 3. The second-order valence-corrected chi connectivity index (χ2v) is 7.70. The summed E-state index contributed by atoms with van der Waals surface area (Å²) in [7, 11) is 0. The normalized spacial score (nSPS) is 28.3. The molecule has 3 heteroatoms. The fraction of sp³-hybridized carbons (Fsp3) is 1.00. The molecule has 1 aliphatic heterocycles. The first-order chi connectivity index (χ1) is 8.40. The summed E-state index contributed by atoms with van der Waals surface area (Å²) in [6, 6.07) is 2.06. The molecule has 1 aliphatic rings. The Bertz CT molecular complexity index is 237. The Kier molecular flexibility index (Phi) is 6.49. The van der Waals surface area contributed by atoms with Crippen molar-refractivity contribution in [2.45, 2.75) is 65.6 Å². The molecule has 3 atom stereocenters. The summed E-state index contributed by atoms with van der Waals surface area (Å²) in [4.78, 5) is 2.75. The van der Waals surface area contributed by atoms with Crippen molar-refractivity contribution in [2.24, 2.45) is 5.41 Å². The van der Waals surface area contributed by atoms with E-state index in [4.69, 9.17) is 0 Å². The number of piperazine rings is 1. The lowest BCUT2D eigenvalue weighted by Crippen LogP contribution is -2.62. The first-order valence-corrected chi connectivity index (χ1v) is 8.77. The minimum absolute atomic E-state index is 0.357. The van der Waals surface area contributed by atoms with E-state index >= 15 is 0 Å². The zero-order valence-electron chi connectivity index (χ0n) is 13.1. The van der Waals surface area contributed by atoms with Gasteiger partial charge in [-0.25, -0.2) is 0 Å². The van der Waals surface area contributed by atoms with E-state index in [0.29, 0.717) is 17.5 Å². The zero-order valence-corrected chi connectivity index (χ0v) is 13.9. The smallest absolute Gasteiger partial charge is 0.0244 e. The van der Waals surface area contributed by atoms with E-state index in [1.807, 2.05) is 11.8 Å². The van der Waals surface area contributed by atoms with E-state index < -0.39 is 0 Å². The van der Waals surface area contributed by atoms with E-state index in [9.17, 15) is 0 Å². The highest BCUT2D eigenvalue weighted by Gasteiger charge is 2.35. The Balaban J connectivity index is 2.64. The molecule has 1 N–H and O–H groups in total. The van der Waals surface area contributed by atoms with Gasteiger partial charge in [0.25, 0.3) is 0 Å². The molecule has 2 nitrogen and oxygen atoms in total. The first-order valence-electron chi connectivity index (χ1n) is 7.38. The quantitative estimate of drug-likeness (QED) is 0.827. The molecule has 0 spiro atoms. The van der Waals surface area contributed by atoms with E-state index in [0.717, 1.165) is 12.6 Å². The minimum Gasteiger partial charge on any atom is -0.311 e. The molecular formula is C15H32N2S. The number of thioether (sulfide) groups is 1. The third kappa shape index (κ3) is 4.43. The van der Waals surface area contributed by atoms with Crippen molar-refractivity contribution in [3.63, 3.8) is 0 Å². The Morgan fingerprint density at radius 3 is 2.56 bits per heavy atom. The molecule has 0 radical (unpaired) electrons. The van der Waals surface area contributed by atoms with Gasteiger partial charge in [-0.1, -0.05) is 27.7 Å². The van der Waals surface area contributed by atoms with Crippen LogP contribution in [0.3, 0.4) is 0 Å². The Hall–Kier alpha value is 0.270. The molecule has 0 saturated carbocycles. The van der Waals surface area contributed by atoms with Crippen LogP contribution in [0.1, 0.15) is 47.5 Å². The second kappa shape index (κ2) is 7.16. The summed E-state index contributed by atoms with van der Waals surface area (Å²) in [6.45, 7) is 14.1. The third-order valence-corrected chi connectivity index (χ3v) is 4.93. The molecule has 0 amide bonds. The molecule has 0 aromatic heterocycles. The average molecular weight is 273 g/mol. The van der Waals surface area contributed by atoms with Crippen molar-refractivity contribution in [3.05, 3.63) is 0 Å². The van der Waals surface area contributed by atoms with Crippen LogP contribution in [0.2, 0.25) is 0 Å². The third-order valence-electron chi connectivity index (χ3n) is 4.28. The zero-order chi connectivity index (χ0) is 13.8. The maximum absolute atomic E-state index is 3.75. The SMILES string of the molecule is CCC1CNC(C(C)(C)C)CN1C(C)CCSC. The Morgan fingerprint density at radius 2 is 2.06 bits per heavy atom. The lowest BCUT2D eigenvalue weighted by Gasteiger charge is -2.47. The number of hydrogen-bond donors (Lipinski definition) is 1. The van der Waals surface area contributed by atoms with Crippen LogP contribution in [0.5, 0.6) is 0 Å². The van der Waals surface area contributed by atoms with Crippen LogP contribution in [0.4, 0.5) is 0 Å². The Labute approximate surface area is 118 Å². The highest BCUT2D eigenvalue weighted by molar-refractivity contribution is 7.98. The van der Waals surface area contributed by atoms with Gasteiger partial charge in [-0.2, -0.15) is 11.8 Å². The molecule has 0 aliphatic carbocycles. The predicted molar refractivity (Wildman–Crippen MR) is 84.5 cm³/mol. The highest BCUT2D eigenvalue weighted by atomic mass is 32.2. The fourth-order valence-electron chi connectivity index (χ4n) is 2.77. The fourth-order valence-corrected chi connectivity index (χ4v) is 3.35. The summed E-state index contributed by atoms with van der Waals surface area (Å²) in [5, 5.41) is 3.75. The molecular weight excluding hydrogens is 240 g/mol. The maximum atomic E-state index is 3.75. The summed E-state index contributed by atoms with van der Waals surface area (Å²) >= 11 is 1.97. The van der Waals surface area contributed by atoms with Crippen LogP contribution in [-0.2, 0) is 0 Å². The van der Waals surface area contributed by atoms with Gasteiger partial charge < -0.3 is 5.32 Å².